The Bertz CT molecular complexity index is 835. The number of furan rings is 1. The van der Waals surface area contributed by atoms with E-state index in [1.54, 1.807) is 30.9 Å². The van der Waals surface area contributed by atoms with Gasteiger partial charge in [0.1, 0.15) is 11.3 Å². The van der Waals surface area contributed by atoms with Crippen LogP contribution in [0.3, 0.4) is 0 Å². The molecule has 1 aliphatic rings. The molecule has 1 N–H and O–H groups in total. The Kier molecular flexibility index (Phi) is 4.00. The first-order valence-electron chi connectivity index (χ1n) is 8.02. The number of nitrogens with zero attached hydrogens (tertiary/aromatic N) is 3. The van der Waals surface area contributed by atoms with Gasteiger partial charge in [0, 0.05) is 25.5 Å². The van der Waals surface area contributed by atoms with Crippen molar-refractivity contribution >= 4 is 17.1 Å². The van der Waals surface area contributed by atoms with E-state index in [2.05, 4.69) is 19.9 Å². The van der Waals surface area contributed by atoms with E-state index < -0.39 is 0 Å². The van der Waals surface area contributed by atoms with Crippen molar-refractivity contribution in [2.45, 2.75) is 25.4 Å². The van der Waals surface area contributed by atoms with E-state index >= 15 is 0 Å². The Morgan fingerprint density at radius 3 is 3.00 bits per heavy atom. The molecule has 0 unspecified atom stereocenters. The average molecular weight is 326 g/mol. The van der Waals surface area contributed by atoms with E-state index in [1.165, 1.54) is 0 Å². The monoisotopic (exact) mass is 326 g/mol. The molecular weight excluding hydrogens is 308 g/mol. The number of pyridine rings is 1. The van der Waals surface area contributed by atoms with Crippen LogP contribution in [0.25, 0.3) is 11.2 Å². The van der Waals surface area contributed by atoms with Gasteiger partial charge in [0.2, 0.25) is 0 Å². The predicted molar refractivity (Wildman–Crippen MR) is 86.5 cm³/mol. The lowest BCUT2D eigenvalue weighted by molar-refractivity contribution is 0.0704. The number of ether oxygens (including phenoxy) is 1. The molecule has 4 rings (SSSR count). The summed E-state index contributed by atoms with van der Waals surface area (Å²) >= 11 is 0. The van der Waals surface area contributed by atoms with Crippen molar-refractivity contribution in [3.05, 3.63) is 48.3 Å². The summed E-state index contributed by atoms with van der Waals surface area (Å²) in [6.07, 6.45) is 6.89. The van der Waals surface area contributed by atoms with Crippen LogP contribution in [0.2, 0.25) is 0 Å². The molecule has 124 valence electrons. The van der Waals surface area contributed by atoms with Crippen LogP contribution in [0.5, 0.6) is 0 Å². The average Bonchev–Trinajstić information content (AvgIpc) is 3.29. The quantitative estimate of drug-likeness (QED) is 0.795. The van der Waals surface area contributed by atoms with Gasteiger partial charge >= 0.3 is 0 Å². The first-order chi connectivity index (χ1) is 11.8. The van der Waals surface area contributed by atoms with Gasteiger partial charge in [0.15, 0.2) is 5.65 Å². The summed E-state index contributed by atoms with van der Waals surface area (Å²) < 4.78 is 12.7. The first-order valence-corrected chi connectivity index (χ1v) is 8.02. The van der Waals surface area contributed by atoms with Crippen molar-refractivity contribution < 1.29 is 13.9 Å². The number of hydrogen-bond donors (Lipinski definition) is 1. The third-order valence-electron chi connectivity index (χ3n) is 4.26. The molecule has 0 saturated carbocycles. The normalized spacial score (nSPS) is 15.7. The number of rotatable bonds is 4. The molecule has 1 fully saturated rings. The molecule has 0 spiro atoms. The van der Waals surface area contributed by atoms with Gasteiger partial charge in [0.05, 0.1) is 24.7 Å². The minimum absolute atomic E-state index is 0.193. The third kappa shape index (κ3) is 2.90. The molecular formula is C17H18N4O3. The number of fused-ring (bicyclic) bond motifs is 1. The molecule has 0 atom stereocenters. The summed E-state index contributed by atoms with van der Waals surface area (Å²) in [6.45, 7) is 1.87. The molecule has 0 aromatic carbocycles. The van der Waals surface area contributed by atoms with Crippen molar-refractivity contribution in [3.8, 4) is 0 Å². The highest BCUT2D eigenvalue weighted by Crippen LogP contribution is 2.24. The van der Waals surface area contributed by atoms with Gasteiger partial charge in [0.25, 0.3) is 5.91 Å². The number of amides is 1. The zero-order valence-electron chi connectivity index (χ0n) is 13.1. The number of hydrogen-bond acceptors (Lipinski definition) is 5. The number of carbonyl (C=O) groups excluding carboxylic acids is 1. The zero-order chi connectivity index (χ0) is 16.4. The predicted octanol–water partition coefficient (Wildman–Crippen LogP) is 2.31. The molecule has 7 nitrogen and oxygen atoms in total. The van der Waals surface area contributed by atoms with Crippen LogP contribution in [0.4, 0.5) is 0 Å². The van der Waals surface area contributed by atoms with Crippen LogP contribution < -0.4 is 5.32 Å². The zero-order valence-corrected chi connectivity index (χ0v) is 13.1. The molecule has 1 saturated heterocycles. The van der Waals surface area contributed by atoms with Gasteiger partial charge < -0.3 is 19.0 Å². The fourth-order valence-corrected chi connectivity index (χ4v) is 2.96. The Morgan fingerprint density at radius 2 is 2.21 bits per heavy atom. The lowest BCUT2D eigenvalue weighted by atomic mass is 10.1. The maximum Gasteiger partial charge on any atom is 0.253 e. The standard InChI is InChI=1S/C17H18N4O3/c22-17(19-10-14-2-1-5-24-14)12-8-15-16(18-9-12)21(11-20-15)13-3-6-23-7-4-13/h1-2,5,8-9,11,13H,3-4,6-7,10H2,(H,19,22). The Labute approximate surface area is 138 Å². The lowest BCUT2D eigenvalue weighted by Gasteiger charge is -2.23. The first kappa shape index (κ1) is 14.9. The topological polar surface area (TPSA) is 82.2 Å². The number of nitrogens with one attached hydrogen (secondary N) is 1. The smallest absolute Gasteiger partial charge is 0.253 e. The summed E-state index contributed by atoms with van der Waals surface area (Å²) in [7, 11) is 0. The van der Waals surface area contributed by atoms with Crippen LogP contribution in [-0.2, 0) is 11.3 Å². The van der Waals surface area contributed by atoms with Gasteiger partial charge in [-0.1, -0.05) is 0 Å². The van der Waals surface area contributed by atoms with Gasteiger partial charge in [-0.2, -0.15) is 0 Å². The van der Waals surface area contributed by atoms with Crippen molar-refractivity contribution in [1.82, 2.24) is 19.9 Å². The maximum absolute atomic E-state index is 12.2. The fourth-order valence-electron chi connectivity index (χ4n) is 2.96. The highest BCUT2D eigenvalue weighted by Gasteiger charge is 2.19. The molecule has 0 bridgehead atoms. The van der Waals surface area contributed by atoms with Crippen LogP contribution in [0.15, 0.2) is 41.4 Å². The van der Waals surface area contributed by atoms with Crippen molar-refractivity contribution in [2.75, 3.05) is 13.2 Å². The minimum Gasteiger partial charge on any atom is -0.467 e. The molecule has 1 amide bonds. The van der Waals surface area contributed by atoms with Gasteiger partial charge in [-0.3, -0.25) is 4.79 Å². The number of carbonyl (C=O) groups is 1. The van der Waals surface area contributed by atoms with Crippen molar-refractivity contribution in [3.63, 3.8) is 0 Å². The van der Waals surface area contributed by atoms with Crippen molar-refractivity contribution in [2.24, 2.45) is 0 Å². The van der Waals surface area contributed by atoms with Gasteiger partial charge in [-0.05, 0) is 31.0 Å². The second-order valence-electron chi connectivity index (χ2n) is 5.82. The summed E-state index contributed by atoms with van der Waals surface area (Å²) in [6, 6.07) is 5.74. The summed E-state index contributed by atoms with van der Waals surface area (Å²) in [5, 5.41) is 2.81. The molecule has 3 aromatic rings. The van der Waals surface area contributed by atoms with Crippen LogP contribution >= 0.6 is 0 Å². The Hall–Kier alpha value is -2.67. The van der Waals surface area contributed by atoms with E-state index in [-0.39, 0.29) is 5.91 Å². The van der Waals surface area contributed by atoms with Gasteiger partial charge in [-0.25, -0.2) is 9.97 Å². The Balaban J connectivity index is 1.52. The summed E-state index contributed by atoms with van der Waals surface area (Å²) in [5.74, 6) is 0.516. The van der Waals surface area contributed by atoms with E-state index in [9.17, 15) is 4.79 Å². The van der Waals surface area contributed by atoms with Crippen LogP contribution in [0, 0.1) is 0 Å². The highest BCUT2D eigenvalue weighted by atomic mass is 16.5. The molecule has 4 heterocycles. The second-order valence-corrected chi connectivity index (χ2v) is 5.82. The lowest BCUT2D eigenvalue weighted by Crippen LogP contribution is -2.22. The summed E-state index contributed by atoms with van der Waals surface area (Å²) in [5.41, 5.74) is 2.03. The van der Waals surface area contributed by atoms with E-state index in [0.29, 0.717) is 23.9 Å². The second kappa shape index (κ2) is 6.45. The molecule has 0 radical (unpaired) electrons. The third-order valence-corrected chi connectivity index (χ3v) is 4.26. The number of aromatic nitrogens is 3. The van der Waals surface area contributed by atoms with Crippen molar-refractivity contribution in [1.29, 1.82) is 0 Å². The number of imidazole rings is 1. The molecule has 1 aliphatic heterocycles. The molecule has 7 heteroatoms. The summed E-state index contributed by atoms with van der Waals surface area (Å²) in [4.78, 5) is 21.1. The van der Waals surface area contributed by atoms with E-state index in [4.69, 9.17) is 9.15 Å². The fraction of sp³-hybridized carbons (Fsp3) is 0.353. The minimum atomic E-state index is -0.193. The largest absolute Gasteiger partial charge is 0.467 e. The molecule has 3 aromatic heterocycles. The van der Waals surface area contributed by atoms with Gasteiger partial charge in [-0.15, -0.1) is 0 Å². The Morgan fingerprint density at radius 1 is 1.33 bits per heavy atom. The van der Waals surface area contributed by atoms with E-state index in [0.717, 1.165) is 37.2 Å². The molecule has 0 aliphatic carbocycles. The highest BCUT2D eigenvalue weighted by molar-refractivity contribution is 5.96. The SMILES string of the molecule is O=C(NCc1ccco1)c1cnc2c(c1)ncn2C1CCOCC1. The maximum atomic E-state index is 12.2. The molecule has 24 heavy (non-hydrogen) atoms. The van der Waals surface area contributed by atoms with Crippen LogP contribution in [-0.4, -0.2) is 33.7 Å². The van der Waals surface area contributed by atoms with Crippen LogP contribution in [0.1, 0.15) is 35.0 Å². The van der Waals surface area contributed by atoms with E-state index in [1.807, 2.05) is 6.07 Å².